The maximum absolute atomic E-state index is 12.3. The van der Waals surface area contributed by atoms with Crippen LogP contribution >= 0.6 is 0 Å². The van der Waals surface area contributed by atoms with Gasteiger partial charge >= 0.3 is 0 Å². The van der Waals surface area contributed by atoms with Crippen LogP contribution in [0.5, 0.6) is 5.75 Å². The average Bonchev–Trinajstić information content (AvgIpc) is 3.03. The summed E-state index contributed by atoms with van der Waals surface area (Å²) in [6.07, 6.45) is 1.49. The van der Waals surface area contributed by atoms with Crippen molar-refractivity contribution in [2.75, 3.05) is 25.5 Å². The summed E-state index contributed by atoms with van der Waals surface area (Å²) in [7, 11) is 1.54. The lowest BCUT2D eigenvalue weighted by molar-refractivity contribution is 0.0952. The zero-order valence-corrected chi connectivity index (χ0v) is 15.6. The first-order valence-corrected chi connectivity index (χ1v) is 8.59. The summed E-state index contributed by atoms with van der Waals surface area (Å²) in [5, 5.41) is 10.5. The molecule has 0 aliphatic heterocycles. The van der Waals surface area contributed by atoms with Gasteiger partial charge in [0.2, 0.25) is 0 Å². The standard InChI is InChI=1S/C19H22N6O2/c1-13-10-14(2)25(24-13)18-11-17(22-12-23-18)20-8-9-21-19(26)15-6-4-5-7-16(15)27-3/h4-7,10-12H,8-9H2,1-3H3,(H,21,26)(H,20,22,23). The number of benzene rings is 1. The lowest BCUT2D eigenvalue weighted by Gasteiger charge is -2.10. The van der Waals surface area contributed by atoms with Crippen LogP contribution in [0.25, 0.3) is 5.82 Å². The van der Waals surface area contributed by atoms with Crippen LogP contribution < -0.4 is 15.4 Å². The van der Waals surface area contributed by atoms with Crippen molar-refractivity contribution in [1.29, 1.82) is 0 Å². The number of aryl methyl sites for hydroxylation is 2. The molecule has 0 fully saturated rings. The van der Waals surface area contributed by atoms with Gasteiger partial charge in [0.25, 0.3) is 5.91 Å². The van der Waals surface area contributed by atoms with Gasteiger partial charge in [-0.15, -0.1) is 0 Å². The van der Waals surface area contributed by atoms with Gasteiger partial charge in [0, 0.05) is 24.8 Å². The number of amides is 1. The predicted molar refractivity (Wildman–Crippen MR) is 102 cm³/mol. The number of nitrogens with one attached hydrogen (secondary N) is 2. The fourth-order valence-electron chi connectivity index (χ4n) is 2.71. The molecule has 2 aromatic heterocycles. The maximum atomic E-state index is 12.3. The molecule has 1 amide bonds. The van der Waals surface area contributed by atoms with E-state index in [-0.39, 0.29) is 5.91 Å². The van der Waals surface area contributed by atoms with Crippen LogP contribution in [-0.4, -0.2) is 45.9 Å². The zero-order valence-electron chi connectivity index (χ0n) is 15.6. The Morgan fingerprint density at radius 3 is 2.70 bits per heavy atom. The van der Waals surface area contributed by atoms with Gasteiger partial charge in [-0.3, -0.25) is 4.79 Å². The van der Waals surface area contributed by atoms with E-state index in [4.69, 9.17) is 4.74 Å². The molecular weight excluding hydrogens is 344 g/mol. The molecule has 0 saturated heterocycles. The summed E-state index contributed by atoms with van der Waals surface area (Å²) in [5.41, 5.74) is 2.44. The van der Waals surface area contributed by atoms with Crippen molar-refractivity contribution in [3.63, 3.8) is 0 Å². The fraction of sp³-hybridized carbons (Fsp3) is 0.263. The van der Waals surface area contributed by atoms with Crippen LogP contribution in [0.3, 0.4) is 0 Å². The molecule has 0 saturated carbocycles. The summed E-state index contributed by atoms with van der Waals surface area (Å²) in [5.74, 6) is 1.73. The van der Waals surface area contributed by atoms with E-state index in [1.165, 1.54) is 6.33 Å². The summed E-state index contributed by atoms with van der Waals surface area (Å²) < 4.78 is 6.98. The Labute approximate surface area is 157 Å². The molecule has 2 N–H and O–H groups in total. The number of anilines is 1. The summed E-state index contributed by atoms with van der Waals surface area (Å²) >= 11 is 0. The molecule has 8 nitrogen and oxygen atoms in total. The average molecular weight is 366 g/mol. The van der Waals surface area contributed by atoms with Crippen molar-refractivity contribution in [2.45, 2.75) is 13.8 Å². The van der Waals surface area contributed by atoms with Gasteiger partial charge in [0.05, 0.1) is 18.4 Å². The van der Waals surface area contributed by atoms with Crippen LogP contribution in [0, 0.1) is 13.8 Å². The monoisotopic (exact) mass is 366 g/mol. The van der Waals surface area contributed by atoms with Crippen LogP contribution in [-0.2, 0) is 0 Å². The molecule has 0 aliphatic rings. The third-order valence-electron chi connectivity index (χ3n) is 3.95. The van der Waals surface area contributed by atoms with Crippen molar-refractivity contribution >= 4 is 11.7 Å². The third kappa shape index (κ3) is 4.41. The highest BCUT2D eigenvalue weighted by Crippen LogP contribution is 2.16. The molecule has 0 spiro atoms. The van der Waals surface area contributed by atoms with E-state index >= 15 is 0 Å². The van der Waals surface area contributed by atoms with Gasteiger partial charge in [-0.1, -0.05) is 12.1 Å². The van der Waals surface area contributed by atoms with Gasteiger partial charge in [-0.25, -0.2) is 14.6 Å². The topological polar surface area (TPSA) is 94.0 Å². The second-order valence-corrected chi connectivity index (χ2v) is 5.98. The second-order valence-electron chi connectivity index (χ2n) is 5.98. The molecule has 3 rings (SSSR count). The Morgan fingerprint density at radius 2 is 1.96 bits per heavy atom. The number of aromatic nitrogens is 4. The normalized spacial score (nSPS) is 10.5. The van der Waals surface area contributed by atoms with E-state index in [1.54, 1.807) is 30.0 Å². The maximum Gasteiger partial charge on any atom is 0.255 e. The highest BCUT2D eigenvalue weighted by Gasteiger charge is 2.10. The number of para-hydroxylation sites is 1. The minimum atomic E-state index is -0.180. The molecule has 2 heterocycles. The number of rotatable bonds is 7. The van der Waals surface area contributed by atoms with Crippen molar-refractivity contribution < 1.29 is 9.53 Å². The largest absolute Gasteiger partial charge is 0.496 e. The number of methoxy groups -OCH3 is 1. The second kappa shape index (κ2) is 8.31. The molecule has 27 heavy (non-hydrogen) atoms. The lowest BCUT2D eigenvalue weighted by Crippen LogP contribution is -2.29. The molecular formula is C19H22N6O2. The number of hydrogen-bond acceptors (Lipinski definition) is 6. The van der Waals surface area contributed by atoms with Crippen LogP contribution in [0.1, 0.15) is 21.7 Å². The highest BCUT2D eigenvalue weighted by atomic mass is 16.5. The molecule has 1 aromatic carbocycles. The Morgan fingerprint density at radius 1 is 1.15 bits per heavy atom. The van der Waals surface area contributed by atoms with E-state index in [0.717, 1.165) is 11.4 Å². The van der Waals surface area contributed by atoms with Gasteiger partial charge < -0.3 is 15.4 Å². The van der Waals surface area contributed by atoms with E-state index in [9.17, 15) is 4.79 Å². The SMILES string of the molecule is COc1ccccc1C(=O)NCCNc1cc(-n2nc(C)cc2C)ncn1. The quantitative estimate of drug-likeness (QED) is 0.622. The van der Waals surface area contributed by atoms with Crippen molar-refractivity contribution in [3.8, 4) is 11.6 Å². The molecule has 0 bridgehead atoms. The van der Waals surface area contributed by atoms with E-state index in [0.29, 0.717) is 36.0 Å². The van der Waals surface area contributed by atoms with Crippen LogP contribution in [0.15, 0.2) is 42.7 Å². The Bertz CT molecular complexity index is 937. The lowest BCUT2D eigenvalue weighted by atomic mass is 10.2. The Kier molecular flexibility index (Phi) is 5.65. The van der Waals surface area contributed by atoms with Gasteiger partial charge in [-0.05, 0) is 32.0 Å². The number of carbonyl (C=O) groups is 1. The van der Waals surface area contributed by atoms with Crippen molar-refractivity contribution in [3.05, 3.63) is 59.7 Å². The molecule has 3 aromatic rings. The summed E-state index contributed by atoms with van der Waals surface area (Å²) in [6.45, 7) is 4.88. The summed E-state index contributed by atoms with van der Waals surface area (Å²) in [4.78, 5) is 20.7. The predicted octanol–water partition coefficient (Wildman–Crippen LogP) is 2.13. The van der Waals surface area contributed by atoms with Crippen LogP contribution in [0.2, 0.25) is 0 Å². The Balaban J connectivity index is 1.56. The smallest absolute Gasteiger partial charge is 0.255 e. The van der Waals surface area contributed by atoms with Crippen LogP contribution in [0.4, 0.5) is 5.82 Å². The number of ether oxygens (including phenoxy) is 1. The van der Waals surface area contributed by atoms with Gasteiger partial charge in [0.15, 0.2) is 5.82 Å². The zero-order chi connectivity index (χ0) is 19.2. The number of hydrogen-bond donors (Lipinski definition) is 2. The minimum absolute atomic E-state index is 0.180. The highest BCUT2D eigenvalue weighted by molar-refractivity contribution is 5.96. The van der Waals surface area contributed by atoms with Gasteiger partial charge in [-0.2, -0.15) is 5.10 Å². The molecule has 140 valence electrons. The van der Waals surface area contributed by atoms with E-state index in [1.807, 2.05) is 32.0 Å². The first kappa shape index (κ1) is 18.4. The first-order valence-electron chi connectivity index (χ1n) is 8.59. The van der Waals surface area contributed by atoms with Crippen molar-refractivity contribution in [2.24, 2.45) is 0 Å². The van der Waals surface area contributed by atoms with Gasteiger partial charge in [0.1, 0.15) is 17.9 Å². The number of carbonyl (C=O) groups excluding carboxylic acids is 1. The minimum Gasteiger partial charge on any atom is -0.496 e. The first-order chi connectivity index (χ1) is 13.1. The molecule has 0 aliphatic carbocycles. The molecule has 0 radical (unpaired) electrons. The molecule has 8 heteroatoms. The Hall–Kier alpha value is -3.42. The third-order valence-corrected chi connectivity index (χ3v) is 3.95. The number of nitrogens with zero attached hydrogens (tertiary/aromatic N) is 4. The fourth-order valence-corrected chi connectivity index (χ4v) is 2.71. The van der Waals surface area contributed by atoms with E-state index < -0.39 is 0 Å². The van der Waals surface area contributed by atoms with Crippen molar-refractivity contribution in [1.82, 2.24) is 25.1 Å². The molecule has 0 unspecified atom stereocenters. The molecule has 0 atom stereocenters. The van der Waals surface area contributed by atoms with E-state index in [2.05, 4.69) is 25.7 Å². The summed E-state index contributed by atoms with van der Waals surface area (Å²) in [6, 6.07) is 10.9.